The van der Waals surface area contributed by atoms with Gasteiger partial charge in [-0.25, -0.2) is 0 Å². The molecule has 0 N–H and O–H groups in total. The molecule has 3 heteroatoms. The zero-order chi connectivity index (χ0) is 11.0. The number of ether oxygens (including phenoxy) is 2. The normalized spacial score (nSPS) is 26.7. The average molecular weight is 328 g/mol. The average Bonchev–Trinajstić information content (AvgIpc) is 2.66. The van der Waals surface area contributed by atoms with Crippen molar-refractivity contribution in [3.63, 3.8) is 0 Å². The topological polar surface area (TPSA) is 18.5 Å². The molecule has 1 saturated heterocycles. The second kappa shape index (κ2) is 4.13. The van der Waals surface area contributed by atoms with Gasteiger partial charge < -0.3 is 9.47 Å². The number of hydrogen-bond acceptors (Lipinski definition) is 2. The highest BCUT2D eigenvalue weighted by Crippen LogP contribution is 2.45. The van der Waals surface area contributed by atoms with E-state index in [2.05, 4.69) is 46.9 Å². The fraction of sp³-hybridized carbons (Fsp3) is 0.385. The van der Waals surface area contributed by atoms with Gasteiger partial charge in [0.15, 0.2) is 0 Å². The summed E-state index contributed by atoms with van der Waals surface area (Å²) in [4.78, 5) is 0. The van der Waals surface area contributed by atoms with Gasteiger partial charge in [-0.05, 0) is 35.1 Å². The number of halogens is 1. The van der Waals surface area contributed by atoms with Crippen LogP contribution in [-0.4, -0.2) is 13.2 Å². The molecule has 0 radical (unpaired) electrons. The Hall–Kier alpha value is -0.390. The lowest BCUT2D eigenvalue weighted by Gasteiger charge is -2.37. The lowest BCUT2D eigenvalue weighted by atomic mass is 9.82. The van der Waals surface area contributed by atoms with Crippen molar-refractivity contribution in [3.8, 4) is 0 Å². The van der Waals surface area contributed by atoms with Crippen molar-refractivity contribution >= 4 is 22.6 Å². The lowest BCUT2D eigenvalue weighted by molar-refractivity contribution is -0.197. The molecule has 1 aromatic rings. The van der Waals surface area contributed by atoms with E-state index in [1.807, 2.05) is 12.1 Å². The van der Waals surface area contributed by atoms with Crippen molar-refractivity contribution in [1.29, 1.82) is 0 Å². The van der Waals surface area contributed by atoms with Crippen molar-refractivity contribution in [2.24, 2.45) is 5.92 Å². The van der Waals surface area contributed by atoms with Crippen LogP contribution < -0.4 is 0 Å². The van der Waals surface area contributed by atoms with Crippen LogP contribution in [0.4, 0.5) is 0 Å². The zero-order valence-corrected chi connectivity index (χ0v) is 11.0. The first-order chi connectivity index (χ1) is 7.83. The predicted molar refractivity (Wildman–Crippen MR) is 70.0 cm³/mol. The highest BCUT2D eigenvalue weighted by molar-refractivity contribution is 14.1. The standard InChI is InChI=1S/C13H13IO2/c14-12-7-2-1-6-11(12)13(10-4-3-5-10)15-8-9-16-13/h1-4,6-7,10H,5,8-9H2. The van der Waals surface area contributed by atoms with E-state index in [1.165, 1.54) is 9.13 Å². The van der Waals surface area contributed by atoms with Crippen molar-refractivity contribution in [2.75, 3.05) is 13.2 Å². The molecule has 2 nitrogen and oxygen atoms in total. The van der Waals surface area contributed by atoms with Gasteiger partial charge in [0.05, 0.1) is 13.2 Å². The minimum absolute atomic E-state index is 0.367. The van der Waals surface area contributed by atoms with Gasteiger partial charge in [0.1, 0.15) is 0 Å². The zero-order valence-electron chi connectivity index (χ0n) is 8.86. The first-order valence-electron chi connectivity index (χ1n) is 5.52. The SMILES string of the molecule is Ic1ccccc1C1(C2C=CC2)OCCO1. The Morgan fingerprint density at radius 1 is 1.19 bits per heavy atom. The Kier molecular flexibility index (Phi) is 2.77. The predicted octanol–water partition coefficient (Wildman–Crippen LogP) is 3.07. The first-order valence-corrected chi connectivity index (χ1v) is 6.60. The van der Waals surface area contributed by atoms with Gasteiger partial charge in [0.25, 0.3) is 0 Å². The molecule has 0 amide bonds. The van der Waals surface area contributed by atoms with Gasteiger partial charge in [-0.2, -0.15) is 0 Å². The van der Waals surface area contributed by atoms with Gasteiger partial charge in [-0.3, -0.25) is 0 Å². The number of rotatable bonds is 2. The van der Waals surface area contributed by atoms with Gasteiger partial charge in [0, 0.05) is 15.1 Å². The van der Waals surface area contributed by atoms with E-state index >= 15 is 0 Å². The minimum Gasteiger partial charge on any atom is -0.343 e. The van der Waals surface area contributed by atoms with Crippen molar-refractivity contribution < 1.29 is 9.47 Å². The largest absolute Gasteiger partial charge is 0.343 e. The van der Waals surface area contributed by atoms with Gasteiger partial charge in [-0.1, -0.05) is 30.4 Å². The van der Waals surface area contributed by atoms with E-state index in [-0.39, 0.29) is 0 Å². The second-order valence-corrected chi connectivity index (χ2v) is 5.28. The van der Waals surface area contributed by atoms with E-state index in [4.69, 9.17) is 9.47 Å². The molecule has 0 saturated carbocycles. The van der Waals surface area contributed by atoms with Gasteiger partial charge in [-0.15, -0.1) is 0 Å². The van der Waals surface area contributed by atoms with Crippen LogP contribution in [0.5, 0.6) is 0 Å². The summed E-state index contributed by atoms with van der Waals surface area (Å²) in [5.41, 5.74) is 1.17. The van der Waals surface area contributed by atoms with Crippen LogP contribution in [0, 0.1) is 9.49 Å². The molecular formula is C13H13IO2. The maximum Gasteiger partial charge on any atom is 0.202 e. The monoisotopic (exact) mass is 328 g/mol. The number of benzene rings is 1. The quantitative estimate of drug-likeness (QED) is 0.614. The molecule has 1 heterocycles. The van der Waals surface area contributed by atoms with E-state index in [9.17, 15) is 0 Å². The Morgan fingerprint density at radius 2 is 1.88 bits per heavy atom. The summed E-state index contributed by atoms with van der Waals surface area (Å²) in [5.74, 6) is -0.155. The number of allylic oxidation sites excluding steroid dienone is 1. The summed E-state index contributed by atoms with van der Waals surface area (Å²) in [5, 5.41) is 0. The summed E-state index contributed by atoms with van der Waals surface area (Å²) in [6.45, 7) is 1.38. The Balaban J connectivity index is 2.06. The first kappa shape index (κ1) is 10.7. The highest BCUT2D eigenvalue weighted by atomic mass is 127. The van der Waals surface area contributed by atoms with Crippen LogP contribution >= 0.6 is 22.6 Å². The maximum atomic E-state index is 5.93. The van der Waals surface area contributed by atoms with E-state index in [1.54, 1.807) is 0 Å². The fourth-order valence-electron chi connectivity index (χ4n) is 2.30. The summed E-state index contributed by atoms with van der Waals surface area (Å²) in [6.07, 6.45) is 5.41. The van der Waals surface area contributed by atoms with Crippen LogP contribution in [0.1, 0.15) is 12.0 Å². The molecule has 0 spiro atoms. The summed E-state index contributed by atoms with van der Waals surface area (Å²) in [7, 11) is 0. The molecule has 0 aromatic heterocycles. The molecule has 2 aliphatic rings. The molecule has 1 unspecified atom stereocenters. The van der Waals surface area contributed by atoms with Gasteiger partial charge >= 0.3 is 0 Å². The molecule has 1 fully saturated rings. The van der Waals surface area contributed by atoms with E-state index in [0.29, 0.717) is 19.1 Å². The van der Waals surface area contributed by atoms with E-state index < -0.39 is 5.79 Å². The Morgan fingerprint density at radius 3 is 2.44 bits per heavy atom. The Labute approximate surface area is 109 Å². The molecule has 0 bridgehead atoms. The minimum atomic E-state index is -0.521. The van der Waals surface area contributed by atoms with Crippen molar-refractivity contribution in [3.05, 3.63) is 45.6 Å². The lowest BCUT2D eigenvalue weighted by Crippen LogP contribution is -2.38. The third-order valence-corrected chi connectivity index (χ3v) is 4.15. The fourth-order valence-corrected chi connectivity index (χ4v) is 3.06. The molecule has 1 aliphatic heterocycles. The summed E-state index contributed by atoms with van der Waals surface area (Å²) in [6, 6.07) is 8.31. The van der Waals surface area contributed by atoms with Crippen LogP contribution in [0.3, 0.4) is 0 Å². The summed E-state index contributed by atoms with van der Waals surface area (Å²) < 4.78 is 13.1. The third kappa shape index (κ3) is 1.53. The van der Waals surface area contributed by atoms with E-state index in [0.717, 1.165) is 6.42 Å². The molecule has 1 aliphatic carbocycles. The highest BCUT2D eigenvalue weighted by Gasteiger charge is 2.47. The molecule has 3 rings (SSSR count). The van der Waals surface area contributed by atoms with Gasteiger partial charge in [0.2, 0.25) is 5.79 Å². The van der Waals surface area contributed by atoms with Crippen LogP contribution in [0.2, 0.25) is 0 Å². The van der Waals surface area contributed by atoms with Crippen LogP contribution in [0.15, 0.2) is 36.4 Å². The Bertz CT molecular complexity index is 422. The van der Waals surface area contributed by atoms with Crippen LogP contribution in [0.25, 0.3) is 0 Å². The second-order valence-electron chi connectivity index (χ2n) is 4.11. The molecule has 16 heavy (non-hydrogen) atoms. The van der Waals surface area contributed by atoms with Crippen molar-refractivity contribution in [1.82, 2.24) is 0 Å². The van der Waals surface area contributed by atoms with Crippen LogP contribution in [-0.2, 0) is 15.3 Å². The smallest absolute Gasteiger partial charge is 0.202 e. The molecule has 1 atom stereocenters. The molecule has 84 valence electrons. The third-order valence-electron chi connectivity index (χ3n) is 3.21. The summed E-state index contributed by atoms with van der Waals surface area (Å²) >= 11 is 2.35. The van der Waals surface area contributed by atoms with Crippen molar-refractivity contribution in [2.45, 2.75) is 12.2 Å². The maximum absolute atomic E-state index is 5.93. The molecular weight excluding hydrogens is 315 g/mol. The molecule has 1 aromatic carbocycles. The number of hydrogen-bond donors (Lipinski definition) is 0.